The quantitative estimate of drug-likeness (QED) is 0.696. The molecular weight excluding hydrogens is 306 g/mol. The van der Waals surface area contributed by atoms with Gasteiger partial charge in [-0.25, -0.2) is 4.68 Å². The summed E-state index contributed by atoms with van der Waals surface area (Å²) in [7, 11) is 1.72. The van der Waals surface area contributed by atoms with Crippen LogP contribution in [0, 0.1) is 0 Å². The highest BCUT2D eigenvalue weighted by atomic mass is 16.4. The van der Waals surface area contributed by atoms with Gasteiger partial charge in [0.2, 0.25) is 5.89 Å². The zero-order chi connectivity index (χ0) is 16.9. The molecule has 0 bridgehead atoms. The maximum atomic E-state index is 12.3. The lowest BCUT2D eigenvalue weighted by Crippen LogP contribution is -2.26. The van der Waals surface area contributed by atoms with Gasteiger partial charge in [-0.05, 0) is 30.2 Å². The maximum absolute atomic E-state index is 12.3. The van der Waals surface area contributed by atoms with E-state index in [0.29, 0.717) is 18.9 Å². The van der Waals surface area contributed by atoms with E-state index in [0.717, 1.165) is 17.7 Å². The molecule has 0 aliphatic rings. The second-order valence-electron chi connectivity index (χ2n) is 5.53. The van der Waals surface area contributed by atoms with Crippen molar-refractivity contribution >= 4 is 5.91 Å². The van der Waals surface area contributed by atoms with Crippen molar-refractivity contribution in [1.82, 2.24) is 24.9 Å². The molecule has 24 heavy (non-hydrogen) atoms. The molecule has 7 heteroatoms. The molecule has 0 saturated heterocycles. The zero-order valence-corrected chi connectivity index (χ0v) is 13.7. The number of carbonyl (C=O) groups excluding carboxylic acids is 1. The number of nitrogens with zero attached hydrogens (tertiary/aromatic N) is 5. The van der Waals surface area contributed by atoms with Crippen LogP contribution in [0.15, 0.2) is 47.1 Å². The average Bonchev–Trinajstić information content (AvgIpc) is 3.27. The fourth-order valence-corrected chi connectivity index (χ4v) is 2.34. The molecule has 2 heterocycles. The Morgan fingerprint density at radius 3 is 2.71 bits per heavy atom. The summed E-state index contributed by atoms with van der Waals surface area (Å²) in [5.74, 6) is 0.257. The molecule has 0 aliphatic carbocycles. The van der Waals surface area contributed by atoms with E-state index >= 15 is 0 Å². The molecule has 0 saturated carbocycles. The van der Waals surface area contributed by atoms with E-state index in [1.165, 1.54) is 0 Å². The SMILES string of the molecule is CCCc1nnc(C(=O)N(C)Cc2ccc(-n3cccn3)cc2)o1. The number of rotatable bonds is 6. The summed E-state index contributed by atoms with van der Waals surface area (Å²) < 4.78 is 7.17. The third-order valence-corrected chi connectivity index (χ3v) is 3.59. The first-order valence-corrected chi connectivity index (χ1v) is 7.84. The molecule has 1 aromatic carbocycles. The van der Waals surface area contributed by atoms with Crippen molar-refractivity contribution in [3.8, 4) is 5.69 Å². The molecule has 124 valence electrons. The smallest absolute Gasteiger partial charge is 0.311 e. The molecule has 0 spiro atoms. The number of aryl methyl sites for hydroxylation is 1. The largest absolute Gasteiger partial charge is 0.417 e. The standard InChI is InChI=1S/C17H19N5O2/c1-3-5-15-19-20-16(24-15)17(23)21(2)12-13-6-8-14(9-7-13)22-11-4-10-18-22/h4,6-11H,3,5,12H2,1-2H3. The van der Waals surface area contributed by atoms with Gasteiger partial charge >= 0.3 is 11.8 Å². The Morgan fingerprint density at radius 2 is 2.04 bits per heavy atom. The van der Waals surface area contributed by atoms with Crippen LogP contribution in [0.5, 0.6) is 0 Å². The van der Waals surface area contributed by atoms with E-state index in [-0.39, 0.29) is 11.8 Å². The minimum absolute atomic E-state index is 0.0362. The predicted octanol–water partition coefficient (Wildman–Crippen LogP) is 2.48. The lowest BCUT2D eigenvalue weighted by atomic mass is 10.2. The van der Waals surface area contributed by atoms with E-state index in [4.69, 9.17) is 4.42 Å². The zero-order valence-electron chi connectivity index (χ0n) is 13.7. The van der Waals surface area contributed by atoms with Crippen LogP contribution in [-0.2, 0) is 13.0 Å². The number of benzene rings is 1. The highest BCUT2D eigenvalue weighted by Gasteiger charge is 2.19. The van der Waals surface area contributed by atoms with Gasteiger partial charge in [-0.2, -0.15) is 5.10 Å². The third-order valence-electron chi connectivity index (χ3n) is 3.59. The maximum Gasteiger partial charge on any atom is 0.311 e. The molecule has 0 N–H and O–H groups in total. The van der Waals surface area contributed by atoms with Gasteiger partial charge in [-0.3, -0.25) is 4.79 Å². The van der Waals surface area contributed by atoms with Gasteiger partial charge in [0.15, 0.2) is 0 Å². The Bertz CT molecular complexity index is 793. The van der Waals surface area contributed by atoms with E-state index in [1.54, 1.807) is 22.8 Å². The van der Waals surface area contributed by atoms with Gasteiger partial charge in [-0.15, -0.1) is 10.2 Å². The van der Waals surface area contributed by atoms with Crippen molar-refractivity contribution in [3.63, 3.8) is 0 Å². The van der Waals surface area contributed by atoms with Crippen molar-refractivity contribution in [2.75, 3.05) is 7.05 Å². The molecule has 2 aromatic heterocycles. The molecular formula is C17H19N5O2. The normalized spacial score (nSPS) is 10.8. The minimum atomic E-state index is -0.277. The monoisotopic (exact) mass is 325 g/mol. The Balaban J connectivity index is 1.65. The average molecular weight is 325 g/mol. The predicted molar refractivity (Wildman–Crippen MR) is 87.7 cm³/mol. The molecule has 1 amide bonds. The summed E-state index contributed by atoms with van der Waals surface area (Å²) in [5.41, 5.74) is 1.98. The van der Waals surface area contributed by atoms with Crippen LogP contribution in [0.3, 0.4) is 0 Å². The third kappa shape index (κ3) is 3.51. The summed E-state index contributed by atoms with van der Waals surface area (Å²) in [6.45, 7) is 2.48. The number of carbonyl (C=O) groups is 1. The summed E-state index contributed by atoms with van der Waals surface area (Å²) >= 11 is 0. The molecule has 0 atom stereocenters. The van der Waals surface area contributed by atoms with Crippen LogP contribution in [0.4, 0.5) is 0 Å². The van der Waals surface area contributed by atoms with Crippen LogP contribution in [0.25, 0.3) is 5.69 Å². The van der Waals surface area contributed by atoms with Crippen molar-refractivity contribution in [2.24, 2.45) is 0 Å². The fourth-order valence-electron chi connectivity index (χ4n) is 2.34. The van der Waals surface area contributed by atoms with Gasteiger partial charge in [0.1, 0.15) is 0 Å². The van der Waals surface area contributed by atoms with Crippen LogP contribution in [0.1, 0.15) is 35.5 Å². The first-order chi connectivity index (χ1) is 11.7. The molecule has 0 aliphatic heterocycles. The van der Waals surface area contributed by atoms with Gasteiger partial charge in [0, 0.05) is 32.4 Å². The molecule has 3 aromatic rings. The molecule has 0 radical (unpaired) electrons. The van der Waals surface area contributed by atoms with E-state index in [1.807, 2.05) is 43.5 Å². The summed E-state index contributed by atoms with van der Waals surface area (Å²) in [5, 5.41) is 11.9. The first-order valence-electron chi connectivity index (χ1n) is 7.84. The second-order valence-corrected chi connectivity index (χ2v) is 5.53. The first kappa shape index (κ1) is 15.9. The van der Waals surface area contributed by atoms with Crippen LogP contribution in [0.2, 0.25) is 0 Å². The van der Waals surface area contributed by atoms with Crippen LogP contribution >= 0.6 is 0 Å². The van der Waals surface area contributed by atoms with Crippen molar-refractivity contribution in [1.29, 1.82) is 0 Å². The fraction of sp³-hybridized carbons (Fsp3) is 0.294. The van der Waals surface area contributed by atoms with Crippen LogP contribution < -0.4 is 0 Å². The highest BCUT2D eigenvalue weighted by Crippen LogP contribution is 2.12. The number of hydrogen-bond acceptors (Lipinski definition) is 5. The highest BCUT2D eigenvalue weighted by molar-refractivity contribution is 5.89. The Kier molecular flexibility index (Phi) is 4.69. The molecule has 7 nitrogen and oxygen atoms in total. The van der Waals surface area contributed by atoms with E-state index in [2.05, 4.69) is 15.3 Å². The molecule has 3 rings (SSSR count). The van der Waals surface area contributed by atoms with Gasteiger partial charge < -0.3 is 9.32 Å². The van der Waals surface area contributed by atoms with Crippen molar-refractivity contribution in [2.45, 2.75) is 26.3 Å². The second kappa shape index (κ2) is 7.08. The Hall–Kier alpha value is -2.96. The van der Waals surface area contributed by atoms with Gasteiger partial charge in [0.05, 0.1) is 5.69 Å². The summed E-state index contributed by atoms with van der Waals surface area (Å²) in [4.78, 5) is 13.9. The Morgan fingerprint density at radius 1 is 1.25 bits per heavy atom. The number of amides is 1. The van der Waals surface area contributed by atoms with Crippen LogP contribution in [-0.4, -0.2) is 37.8 Å². The molecule has 0 fully saturated rings. The number of hydrogen-bond donors (Lipinski definition) is 0. The lowest BCUT2D eigenvalue weighted by molar-refractivity contribution is 0.0743. The minimum Gasteiger partial charge on any atom is -0.417 e. The van der Waals surface area contributed by atoms with Gasteiger partial charge in [-0.1, -0.05) is 19.1 Å². The lowest BCUT2D eigenvalue weighted by Gasteiger charge is -2.15. The van der Waals surface area contributed by atoms with E-state index in [9.17, 15) is 4.79 Å². The van der Waals surface area contributed by atoms with E-state index < -0.39 is 0 Å². The van der Waals surface area contributed by atoms with Gasteiger partial charge in [0.25, 0.3) is 0 Å². The summed E-state index contributed by atoms with van der Waals surface area (Å²) in [6.07, 6.45) is 5.19. The summed E-state index contributed by atoms with van der Waals surface area (Å²) in [6, 6.07) is 9.74. The van der Waals surface area contributed by atoms with Crippen molar-refractivity contribution in [3.05, 3.63) is 60.1 Å². The molecule has 0 unspecified atom stereocenters. The number of aromatic nitrogens is 4. The Labute approximate surface area is 139 Å². The van der Waals surface area contributed by atoms with Crippen molar-refractivity contribution < 1.29 is 9.21 Å². The topological polar surface area (TPSA) is 77.1 Å².